The molecule has 1 saturated heterocycles. The molecule has 1 aromatic carbocycles. The second-order valence-electron chi connectivity index (χ2n) is 5.24. The first-order valence-corrected chi connectivity index (χ1v) is 7.28. The van der Waals surface area contributed by atoms with Crippen molar-refractivity contribution in [1.29, 1.82) is 0 Å². The van der Waals surface area contributed by atoms with E-state index in [-0.39, 0.29) is 12.5 Å². The molecule has 2 heterocycles. The lowest BCUT2D eigenvalue weighted by atomic mass is 10.2. The Labute approximate surface area is 136 Å². The zero-order chi connectivity index (χ0) is 17.1. The summed E-state index contributed by atoms with van der Waals surface area (Å²) in [4.78, 5) is 42.3. The zero-order valence-electron chi connectivity index (χ0n) is 12.5. The van der Waals surface area contributed by atoms with Gasteiger partial charge in [-0.25, -0.2) is 9.78 Å². The van der Waals surface area contributed by atoms with Crippen molar-refractivity contribution in [3.05, 3.63) is 24.3 Å². The molecule has 1 aliphatic rings. The van der Waals surface area contributed by atoms with Crippen LogP contribution in [0, 0.1) is 0 Å². The first-order chi connectivity index (χ1) is 11.6. The Balaban J connectivity index is 1.63. The van der Waals surface area contributed by atoms with E-state index < -0.39 is 36.5 Å². The summed E-state index contributed by atoms with van der Waals surface area (Å²) < 4.78 is 0. The average Bonchev–Trinajstić information content (AvgIpc) is 3.17. The molecule has 126 valence electrons. The van der Waals surface area contributed by atoms with Crippen LogP contribution < -0.4 is 21.3 Å². The fourth-order valence-electron chi connectivity index (χ4n) is 2.30. The van der Waals surface area contributed by atoms with Crippen LogP contribution in [0.5, 0.6) is 0 Å². The Kier molecular flexibility index (Phi) is 4.29. The first-order valence-electron chi connectivity index (χ1n) is 7.28. The molecule has 4 amide bonds. The quantitative estimate of drug-likeness (QED) is 0.401. The number of aromatic nitrogens is 2. The summed E-state index contributed by atoms with van der Waals surface area (Å²) in [7, 11) is 0. The third kappa shape index (κ3) is 3.27. The smallest absolute Gasteiger partial charge is 0.315 e. The van der Waals surface area contributed by atoms with Gasteiger partial charge in [-0.05, 0) is 12.1 Å². The van der Waals surface area contributed by atoms with Crippen molar-refractivity contribution in [2.24, 2.45) is 0 Å². The summed E-state index contributed by atoms with van der Waals surface area (Å²) in [5, 5.41) is 19.1. The van der Waals surface area contributed by atoms with Crippen molar-refractivity contribution in [1.82, 2.24) is 25.9 Å². The highest BCUT2D eigenvalue weighted by Crippen LogP contribution is 2.13. The molecule has 1 aliphatic heterocycles. The molecule has 0 radical (unpaired) electrons. The van der Waals surface area contributed by atoms with Crippen molar-refractivity contribution >= 4 is 34.8 Å². The predicted octanol–water partition coefficient (Wildman–Crippen LogP) is -1.34. The lowest BCUT2D eigenvalue weighted by Crippen LogP contribution is -2.52. The van der Waals surface area contributed by atoms with Crippen LogP contribution in [-0.4, -0.2) is 58.2 Å². The van der Waals surface area contributed by atoms with E-state index in [9.17, 15) is 19.5 Å². The molecule has 6 N–H and O–H groups in total. The normalized spacial score (nSPS) is 17.9. The molecule has 24 heavy (non-hydrogen) atoms. The van der Waals surface area contributed by atoms with Gasteiger partial charge in [-0.1, -0.05) is 12.1 Å². The molecule has 3 rings (SSSR count). The number of benzene rings is 1. The number of aromatic amines is 1. The van der Waals surface area contributed by atoms with Gasteiger partial charge in [0.05, 0.1) is 17.6 Å². The fraction of sp³-hybridized carbons (Fsp3) is 0.286. The van der Waals surface area contributed by atoms with Crippen molar-refractivity contribution in [3.63, 3.8) is 0 Å². The van der Waals surface area contributed by atoms with Gasteiger partial charge in [0.25, 0.3) is 5.91 Å². The summed E-state index contributed by atoms with van der Waals surface area (Å²) in [6.07, 6.45) is 0. The molecule has 1 aromatic heterocycles. The van der Waals surface area contributed by atoms with Crippen LogP contribution in [0.25, 0.3) is 11.0 Å². The number of para-hydroxylation sites is 2. The maximum Gasteiger partial charge on any atom is 0.315 e. The number of hydrogen-bond acceptors (Lipinski definition) is 5. The van der Waals surface area contributed by atoms with Crippen molar-refractivity contribution in [3.8, 4) is 0 Å². The van der Waals surface area contributed by atoms with E-state index in [1.165, 1.54) is 0 Å². The van der Waals surface area contributed by atoms with Crippen LogP contribution in [0.3, 0.4) is 0 Å². The number of rotatable bonds is 5. The van der Waals surface area contributed by atoms with Crippen LogP contribution in [0.2, 0.25) is 0 Å². The molecule has 2 unspecified atom stereocenters. The fourth-order valence-corrected chi connectivity index (χ4v) is 2.30. The monoisotopic (exact) mass is 332 g/mol. The van der Waals surface area contributed by atoms with Gasteiger partial charge in [-0.2, -0.15) is 0 Å². The Morgan fingerprint density at radius 1 is 1.38 bits per heavy atom. The number of aliphatic hydroxyl groups is 1. The van der Waals surface area contributed by atoms with E-state index in [4.69, 9.17) is 0 Å². The van der Waals surface area contributed by atoms with Gasteiger partial charge in [0.2, 0.25) is 11.9 Å². The number of amides is 4. The number of carbonyl (C=O) groups excluding carboxylic acids is 3. The van der Waals surface area contributed by atoms with Gasteiger partial charge in [0, 0.05) is 6.54 Å². The number of nitrogens with one attached hydrogen (secondary N) is 5. The van der Waals surface area contributed by atoms with Gasteiger partial charge in [-0.15, -0.1) is 0 Å². The number of urea groups is 1. The molecular weight excluding hydrogens is 316 g/mol. The number of nitrogens with zero attached hydrogens (tertiary/aromatic N) is 1. The van der Waals surface area contributed by atoms with Gasteiger partial charge in [0.15, 0.2) is 0 Å². The second kappa shape index (κ2) is 6.54. The maximum absolute atomic E-state index is 12.2. The number of carbonyl (C=O) groups is 3. The number of imidazole rings is 1. The van der Waals surface area contributed by atoms with E-state index in [0.717, 1.165) is 5.52 Å². The largest absolute Gasteiger partial charge is 0.394 e. The summed E-state index contributed by atoms with van der Waals surface area (Å²) >= 11 is 0. The van der Waals surface area contributed by atoms with Crippen molar-refractivity contribution < 1.29 is 19.5 Å². The summed E-state index contributed by atoms with van der Waals surface area (Å²) in [6.45, 7) is -0.472. The predicted molar refractivity (Wildman–Crippen MR) is 84.1 cm³/mol. The highest BCUT2D eigenvalue weighted by molar-refractivity contribution is 5.99. The number of hydrogen-bond donors (Lipinski definition) is 6. The number of aliphatic hydroxyl groups excluding tert-OH is 1. The van der Waals surface area contributed by atoms with Crippen molar-refractivity contribution in [2.45, 2.75) is 12.1 Å². The van der Waals surface area contributed by atoms with Gasteiger partial charge in [-0.3, -0.25) is 14.9 Å². The zero-order valence-corrected chi connectivity index (χ0v) is 12.5. The molecule has 10 heteroatoms. The maximum atomic E-state index is 12.2. The van der Waals surface area contributed by atoms with Crippen LogP contribution in [0.15, 0.2) is 24.3 Å². The molecule has 0 bridgehead atoms. The van der Waals surface area contributed by atoms with E-state index >= 15 is 0 Å². The number of fused-ring (bicyclic) bond motifs is 1. The molecule has 10 nitrogen and oxygen atoms in total. The molecule has 0 saturated carbocycles. The Morgan fingerprint density at radius 2 is 2.17 bits per heavy atom. The molecule has 0 aliphatic carbocycles. The molecule has 1 fully saturated rings. The van der Waals surface area contributed by atoms with Crippen LogP contribution in [0.1, 0.15) is 0 Å². The summed E-state index contributed by atoms with van der Waals surface area (Å²) in [5.41, 5.74) is 1.43. The lowest BCUT2D eigenvalue weighted by Gasteiger charge is -2.17. The van der Waals surface area contributed by atoms with Crippen LogP contribution >= 0.6 is 0 Å². The number of H-pyrrole nitrogens is 1. The van der Waals surface area contributed by atoms with E-state index in [1.54, 1.807) is 12.1 Å². The summed E-state index contributed by atoms with van der Waals surface area (Å²) in [5.74, 6) is -0.973. The third-order valence-corrected chi connectivity index (χ3v) is 3.54. The average molecular weight is 332 g/mol. The number of anilines is 1. The SMILES string of the molecule is O=C1NCC(C(=O)NC(CO)C(=O)Nc2nc3ccccc3[nH]2)N1. The molecular formula is C14H16N6O4. The van der Waals surface area contributed by atoms with E-state index in [1.807, 2.05) is 12.1 Å². The minimum atomic E-state index is -1.16. The second-order valence-corrected chi connectivity index (χ2v) is 5.24. The van der Waals surface area contributed by atoms with Gasteiger partial charge < -0.3 is 26.0 Å². The Bertz CT molecular complexity index is 755. The van der Waals surface area contributed by atoms with Gasteiger partial charge in [0.1, 0.15) is 12.1 Å². The molecule has 2 atom stereocenters. The van der Waals surface area contributed by atoms with Gasteiger partial charge >= 0.3 is 6.03 Å². The Hall–Kier alpha value is -3.14. The summed E-state index contributed by atoms with van der Waals surface area (Å²) in [6, 6.07) is 4.82. The minimum absolute atomic E-state index is 0.119. The van der Waals surface area contributed by atoms with Crippen LogP contribution in [0.4, 0.5) is 10.7 Å². The van der Waals surface area contributed by atoms with Crippen molar-refractivity contribution in [2.75, 3.05) is 18.5 Å². The van der Waals surface area contributed by atoms with Crippen LogP contribution in [-0.2, 0) is 9.59 Å². The minimum Gasteiger partial charge on any atom is -0.394 e. The molecule has 0 spiro atoms. The highest BCUT2D eigenvalue weighted by Gasteiger charge is 2.30. The third-order valence-electron chi connectivity index (χ3n) is 3.54. The van der Waals surface area contributed by atoms with E-state index in [0.29, 0.717) is 5.52 Å². The standard InChI is InChI=1S/C14H16N6O4/c21-6-10(16-11(22)9-5-15-14(24)19-9)12(23)20-13-17-7-3-1-2-4-8(7)18-13/h1-4,9-10,21H,5-6H2,(H,16,22)(H2,15,19,24)(H2,17,18,20,23). The first kappa shape index (κ1) is 15.7. The topological polar surface area (TPSA) is 148 Å². The highest BCUT2D eigenvalue weighted by atomic mass is 16.3. The molecule has 2 aromatic rings. The Morgan fingerprint density at radius 3 is 2.83 bits per heavy atom. The van der Waals surface area contributed by atoms with E-state index in [2.05, 4.69) is 31.2 Å². The lowest BCUT2D eigenvalue weighted by molar-refractivity contribution is -0.128.